The number of hydrogen-bond acceptors (Lipinski definition) is 4. The lowest BCUT2D eigenvalue weighted by atomic mass is 10.2. The third-order valence-corrected chi connectivity index (χ3v) is 8.43. The fourth-order valence-corrected chi connectivity index (χ4v) is 6.78. The predicted molar refractivity (Wildman–Crippen MR) is 112 cm³/mol. The van der Waals surface area contributed by atoms with Crippen LogP contribution in [0.5, 0.6) is 0 Å². The van der Waals surface area contributed by atoms with Crippen LogP contribution in [-0.4, -0.2) is 23.5 Å². The molecule has 2 aromatic carbocycles. The average Bonchev–Trinajstić information content (AvgIpc) is 3.36. The first-order valence-electron chi connectivity index (χ1n) is 9.18. The van der Waals surface area contributed by atoms with Crippen molar-refractivity contribution in [2.24, 2.45) is 0 Å². The van der Waals surface area contributed by atoms with Crippen LogP contribution in [0.15, 0.2) is 97.7 Å². The molecule has 0 radical (unpaired) electrons. The van der Waals surface area contributed by atoms with Gasteiger partial charge in [0.15, 0.2) is 0 Å². The molecular formula is C22H21NO4S2. The highest BCUT2D eigenvalue weighted by atomic mass is 32.2. The number of sulfone groups is 1. The maximum absolute atomic E-state index is 13.5. The monoisotopic (exact) mass is 427 g/mol. The van der Waals surface area contributed by atoms with Gasteiger partial charge in [0.1, 0.15) is 22.8 Å². The van der Waals surface area contributed by atoms with E-state index < -0.39 is 26.9 Å². The summed E-state index contributed by atoms with van der Waals surface area (Å²) in [4.78, 5) is 1.08. The van der Waals surface area contributed by atoms with Crippen LogP contribution in [-0.2, 0) is 20.8 Å². The van der Waals surface area contributed by atoms with Crippen molar-refractivity contribution in [2.45, 2.75) is 29.7 Å². The van der Waals surface area contributed by atoms with Gasteiger partial charge in [0.25, 0.3) is 0 Å². The molecule has 3 aromatic rings. The van der Waals surface area contributed by atoms with Gasteiger partial charge in [-0.3, -0.25) is 0 Å². The Labute approximate surface area is 173 Å². The molecule has 0 fully saturated rings. The Kier molecular flexibility index (Phi) is 5.29. The molecule has 2 atom stereocenters. The van der Waals surface area contributed by atoms with Gasteiger partial charge >= 0.3 is 0 Å². The van der Waals surface area contributed by atoms with Gasteiger partial charge in [-0.15, -0.1) is 0 Å². The third-order valence-electron chi connectivity index (χ3n) is 4.94. The lowest BCUT2D eigenvalue weighted by molar-refractivity contribution is 0.374. The molecule has 1 aromatic heterocycles. The molecule has 1 unspecified atom stereocenters. The van der Waals surface area contributed by atoms with E-state index in [-0.39, 0.29) is 16.3 Å². The Morgan fingerprint density at radius 2 is 1.66 bits per heavy atom. The number of aryl methyl sites for hydroxylation is 1. The van der Waals surface area contributed by atoms with Crippen molar-refractivity contribution in [3.63, 3.8) is 0 Å². The number of benzene rings is 2. The molecular weight excluding hydrogens is 406 g/mol. The maximum Gasteiger partial charge on any atom is 0.204 e. The van der Waals surface area contributed by atoms with Gasteiger partial charge in [-0.05, 0) is 55.8 Å². The zero-order chi connectivity index (χ0) is 20.6. The maximum atomic E-state index is 13.5. The van der Waals surface area contributed by atoms with E-state index in [1.807, 2.05) is 31.2 Å². The summed E-state index contributed by atoms with van der Waals surface area (Å²) in [6.45, 7) is 4.01. The number of hydrogen-bond donors (Lipinski definition) is 0. The third kappa shape index (κ3) is 3.61. The summed E-state index contributed by atoms with van der Waals surface area (Å²) in [6.07, 6.45) is 1.50. The van der Waals surface area contributed by atoms with Crippen LogP contribution < -0.4 is 0 Å². The number of furan rings is 1. The minimum atomic E-state index is -3.77. The first kappa shape index (κ1) is 19.8. The Morgan fingerprint density at radius 1 is 0.966 bits per heavy atom. The average molecular weight is 428 g/mol. The Bertz CT molecular complexity index is 1170. The highest BCUT2D eigenvalue weighted by Crippen LogP contribution is 2.44. The van der Waals surface area contributed by atoms with Crippen LogP contribution in [0.25, 0.3) is 0 Å². The molecule has 0 spiro atoms. The SMILES string of the molecule is CC1=C(S(=O)(=O)c2ccccc2)[C@@H](c2ccco2)N(S(=O)c2ccc(C)cc2)C1. The minimum absolute atomic E-state index is 0.217. The van der Waals surface area contributed by atoms with Crippen molar-refractivity contribution in [2.75, 3.05) is 6.54 Å². The van der Waals surface area contributed by atoms with E-state index in [0.717, 1.165) is 5.56 Å². The second kappa shape index (κ2) is 7.74. The van der Waals surface area contributed by atoms with Gasteiger partial charge in [0, 0.05) is 6.54 Å². The molecule has 0 saturated heterocycles. The molecule has 0 bridgehead atoms. The molecule has 4 rings (SSSR count). The van der Waals surface area contributed by atoms with Crippen molar-refractivity contribution in [3.8, 4) is 0 Å². The van der Waals surface area contributed by atoms with Crippen LogP contribution in [0.1, 0.15) is 24.3 Å². The summed E-state index contributed by atoms with van der Waals surface area (Å²) in [5.41, 5.74) is 1.73. The quantitative estimate of drug-likeness (QED) is 0.605. The summed E-state index contributed by atoms with van der Waals surface area (Å²) in [7, 11) is -5.32. The van der Waals surface area contributed by atoms with E-state index in [1.54, 1.807) is 53.7 Å². The molecule has 2 heterocycles. The minimum Gasteiger partial charge on any atom is -0.467 e. The van der Waals surface area contributed by atoms with E-state index >= 15 is 0 Å². The topological polar surface area (TPSA) is 67.6 Å². The molecule has 0 amide bonds. The van der Waals surface area contributed by atoms with Crippen molar-refractivity contribution in [1.29, 1.82) is 0 Å². The molecule has 1 aliphatic rings. The van der Waals surface area contributed by atoms with Crippen LogP contribution in [0.3, 0.4) is 0 Å². The lowest BCUT2D eigenvalue weighted by Crippen LogP contribution is -2.29. The van der Waals surface area contributed by atoms with Gasteiger partial charge in [0.2, 0.25) is 9.84 Å². The summed E-state index contributed by atoms with van der Waals surface area (Å²) < 4.78 is 47.6. The molecule has 7 heteroatoms. The molecule has 1 aliphatic heterocycles. The van der Waals surface area contributed by atoms with Gasteiger partial charge in [-0.1, -0.05) is 35.9 Å². The zero-order valence-electron chi connectivity index (χ0n) is 16.1. The van der Waals surface area contributed by atoms with Crippen molar-refractivity contribution < 1.29 is 17.0 Å². The number of nitrogens with zero attached hydrogens (tertiary/aromatic N) is 1. The molecule has 0 saturated carbocycles. The Balaban J connectivity index is 1.81. The van der Waals surface area contributed by atoms with E-state index in [4.69, 9.17) is 4.42 Å². The van der Waals surface area contributed by atoms with Crippen molar-refractivity contribution in [3.05, 3.63) is 94.8 Å². The van der Waals surface area contributed by atoms with Crippen LogP contribution >= 0.6 is 0 Å². The molecule has 5 nitrogen and oxygen atoms in total. The molecule has 0 aliphatic carbocycles. The predicted octanol–water partition coefficient (Wildman–Crippen LogP) is 4.42. The Morgan fingerprint density at radius 3 is 2.28 bits per heavy atom. The largest absolute Gasteiger partial charge is 0.467 e. The molecule has 150 valence electrons. The first-order valence-corrected chi connectivity index (χ1v) is 11.8. The summed E-state index contributed by atoms with van der Waals surface area (Å²) >= 11 is 0. The standard InChI is InChI=1S/C22H21NO4S2/c1-16-10-12-18(13-11-16)28(24)23-15-17(2)22(21(23)20-9-6-14-27-20)29(25,26)19-7-4-3-5-8-19/h3-14,21H,15H2,1-2H3/t21-,28?/m1/s1. The molecule has 0 N–H and O–H groups in total. The second-order valence-electron chi connectivity index (χ2n) is 7.02. The fourth-order valence-electron chi connectivity index (χ4n) is 3.53. The van der Waals surface area contributed by atoms with E-state index in [2.05, 4.69) is 0 Å². The van der Waals surface area contributed by atoms with E-state index in [9.17, 15) is 12.6 Å². The van der Waals surface area contributed by atoms with Gasteiger partial charge in [0.05, 0.1) is 21.0 Å². The smallest absolute Gasteiger partial charge is 0.204 e. The summed E-state index contributed by atoms with van der Waals surface area (Å²) in [5, 5.41) is 0. The van der Waals surface area contributed by atoms with Gasteiger partial charge in [-0.25, -0.2) is 16.9 Å². The Hall–Kier alpha value is -2.48. The zero-order valence-corrected chi connectivity index (χ0v) is 17.7. The first-order chi connectivity index (χ1) is 13.9. The van der Waals surface area contributed by atoms with Crippen molar-refractivity contribution in [1.82, 2.24) is 4.31 Å². The van der Waals surface area contributed by atoms with Gasteiger partial charge < -0.3 is 4.42 Å². The van der Waals surface area contributed by atoms with E-state index in [0.29, 0.717) is 16.2 Å². The van der Waals surface area contributed by atoms with Crippen molar-refractivity contribution >= 4 is 20.8 Å². The van der Waals surface area contributed by atoms with Crippen LogP contribution in [0, 0.1) is 6.92 Å². The fraction of sp³-hybridized carbons (Fsp3) is 0.182. The van der Waals surface area contributed by atoms with Crippen LogP contribution in [0.4, 0.5) is 0 Å². The molecule has 29 heavy (non-hydrogen) atoms. The number of rotatable bonds is 5. The normalized spacial score (nSPS) is 18.9. The van der Waals surface area contributed by atoms with E-state index in [1.165, 1.54) is 6.26 Å². The lowest BCUT2D eigenvalue weighted by Gasteiger charge is -2.24. The van der Waals surface area contributed by atoms with Crippen LogP contribution in [0.2, 0.25) is 0 Å². The summed E-state index contributed by atoms with van der Waals surface area (Å²) in [6, 6.07) is 18.4. The highest BCUT2D eigenvalue weighted by Gasteiger charge is 2.44. The van der Waals surface area contributed by atoms with Gasteiger partial charge in [-0.2, -0.15) is 0 Å². The summed E-state index contributed by atoms with van der Waals surface area (Å²) in [5.74, 6) is 0.455. The highest BCUT2D eigenvalue weighted by molar-refractivity contribution is 7.95. The second-order valence-corrected chi connectivity index (χ2v) is 10.4.